The van der Waals surface area contributed by atoms with Crippen molar-refractivity contribution in [1.82, 2.24) is 10.2 Å². The summed E-state index contributed by atoms with van der Waals surface area (Å²) in [5.74, 6) is -0.0548. The van der Waals surface area contributed by atoms with Crippen molar-refractivity contribution in [3.8, 4) is 0 Å². The lowest BCUT2D eigenvalue weighted by molar-refractivity contribution is -0.135. The molecule has 156 valence electrons. The topological polar surface area (TPSA) is 78.5 Å². The normalized spacial score (nSPS) is 26.6. The maximum atomic E-state index is 13.1. The monoisotopic (exact) mass is 397 g/mol. The van der Waals surface area contributed by atoms with Gasteiger partial charge in [0.1, 0.15) is 12.1 Å². The van der Waals surface area contributed by atoms with Crippen LogP contribution in [0.5, 0.6) is 0 Å². The lowest BCUT2D eigenvalue weighted by Crippen LogP contribution is -2.50. The average Bonchev–Trinajstić information content (AvgIpc) is 3.20. The molecule has 3 aliphatic rings. The van der Waals surface area contributed by atoms with Crippen LogP contribution < -0.4 is 10.6 Å². The van der Waals surface area contributed by atoms with Gasteiger partial charge in [-0.15, -0.1) is 0 Å². The molecule has 1 saturated heterocycles. The summed E-state index contributed by atoms with van der Waals surface area (Å²) in [5, 5.41) is 5.75. The van der Waals surface area contributed by atoms with E-state index in [0.717, 1.165) is 42.7 Å². The van der Waals surface area contributed by atoms with Crippen molar-refractivity contribution in [1.29, 1.82) is 0 Å². The molecule has 1 aromatic carbocycles. The smallest absolute Gasteiger partial charge is 0.325 e. The maximum Gasteiger partial charge on any atom is 0.325 e. The Bertz CT molecular complexity index is 847. The van der Waals surface area contributed by atoms with E-state index in [-0.39, 0.29) is 23.8 Å². The van der Waals surface area contributed by atoms with Gasteiger partial charge in [-0.3, -0.25) is 14.5 Å². The molecule has 0 atom stereocenters. The first-order chi connectivity index (χ1) is 13.7. The van der Waals surface area contributed by atoms with Crippen molar-refractivity contribution >= 4 is 23.5 Å². The zero-order valence-electron chi connectivity index (χ0n) is 17.6. The Kier molecular flexibility index (Phi) is 4.91. The van der Waals surface area contributed by atoms with Crippen molar-refractivity contribution in [3.63, 3.8) is 0 Å². The van der Waals surface area contributed by atoms with E-state index in [2.05, 4.69) is 31.4 Å². The molecule has 1 heterocycles. The van der Waals surface area contributed by atoms with Crippen LogP contribution in [0.15, 0.2) is 18.2 Å². The Labute approximate surface area is 172 Å². The molecule has 2 aliphatic carbocycles. The molecule has 0 aromatic heterocycles. The Hall–Kier alpha value is -2.37. The number of urea groups is 1. The second-order valence-corrected chi connectivity index (χ2v) is 9.93. The van der Waals surface area contributed by atoms with E-state index in [1.165, 1.54) is 11.1 Å². The van der Waals surface area contributed by atoms with Crippen LogP contribution in [0, 0.1) is 11.3 Å². The first-order valence-electron chi connectivity index (χ1n) is 10.7. The predicted molar refractivity (Wildman–Crippen MR) is 111 cm³/mol. The molecule has 2 N–H and O–H groups in total. The first-order valence-corrected chi connectivity index (χ1v) is 10.7. The first kappa shape index (κ1) is 19.9. The highest BCUT2D eigenvalue weighted by atomic mass is 16.2. The number of rotatable bonds is 3. The van der Waals surface area contributed by atoms with Crippen LogP contribution in [0.4, 0.5) is 10.5 Å². The maximum absolute atomic E-state index is 13.1. The Morgan fingerprint density at radius 2 is 1.86 bits per heavy atom. The van der Waals surface area contributed by atoms with Crippen LogP contribution in [0.2, 0.25) is 0 Å². The molecule has 0 unspecified atom stereocenters. The summed E-state index contributed by atoms with van der Waals surface area (Å²) >= 11 is 0. The fourth-order valence-electron chi connectivity index (χ4n) is 5.13. The van der Waals surface area contributed by atoms with E-state index in [1.54, 1.807) is 0 Å². The lowest BCUT2D eigenvalue weighted by Gasteiger charge is -2.40. The zero-order chi connectivity index (χ0) is 20.8. The van der Waals surface area contributed by atoms with Crippen LogP contribution in [0.1, 0.15) is 64.0 Å². The van der Waals surface area contributed by atoms with Crippen molar-refractivity contribution in [2.24, 2.45) is 11.3 Å². The molecule has 6 heteroatoms. The number of hydrogen-bond donors (Lipinski definition) is 2. The Morgan fingerprint density at radius 3 is 2.55 bits per heavy atom. The summed E-state index contributed by atoms with van der Waals surface area (Å²) in [4.78, 5) is 39.2. The van der Waals surface area contributed by atoms with Crippen LogP contribution in [0.25, 0.3) is 0 Å². The highest BCUT2D eigenvalue weighted by molar-refractivity contribution is 6.10. The predicted octanol–water partition coefficient (Wildman–Crippen LogP) is 3.64. The van der Waals surface area contributed by atoms with E-state index in [1.807, 2.05) is 18.2 Å². The number of imide groups is 1. The van der Waals surface area contributed by atoms with E-state index < -0.39 is 11.6 Å². The molecule has 1 saturated carbocycles. The SMILES string of the molecule is CC(C)(C)C1CCC2(CC1)NC(=O)N(CC(=O)Nc1ccc3c(c1)CCC3)C2=O. The van der Waals surface area contributed by atoms with Gasteiger partial charge < -0.3 is 10.6 Å². The number of benzene rings is 1. The molecule has 4 amide bonds. The zero-order valence-corrected chi connectivity index (χ0v) is 17.6. The van der Waals surface area contributed by atoms with Gasteiger partial charge in [-0.1, -0.05) is 26.8 Å². The van der Waals surface area contributed by atoms with Gasteiger partial charge in [0.05, 0.1) is 0 Å². The number of hydrogen-bond acceptors (Lipinski definition) is 3. The minimum absolute atomic E-state index is 0.197. The van der Waals surface area contributed by atoms with Crippen LogP contribution in [-0.4, -0.2) is 34.8 Å². The number of aryl methyl sites for hydroxylation is 2. The highest BCUT2D eigenvalue weighted by Crippen LogP contribution is 2.43. The second-order valence-electron chi connectivity index (χ2n) is 9.93. The summed E-state index contributed by atoms with van der Waals surface area (Å²) in [5.41, 5.74) is 2.70. The molecule has 1 spiro atoms. The van der Waals surface area contributed by atoms with Gasteiger partial charge in [-0.05, 0) is 79.5 Å². The van der Waals surface area contributed by atoms with Crippen molar-refractivity contribution < 1.29 is 14.4 Å². The third kappa shape index (κ3) is 3.77. The summed E-state index contributed by atoms with van der Waals surface area (Å²) in [7, 11) is 0. The number of carbonyl (C=O) groups excluding carboxylic acids is 3. The lowest BCUT2D eigenvalue weighted by atomic mass is 9.67. The molecule has 6 nitrogen and oxygen atoms in total. The number of amides is 4. The van der Waals surface area contributed by atoms with Gasteiger partial charge in [0, 0.05) is 5.69 Å². The molecule has 29 heavy (non-hydrogen) atoms. The number of fused-ring (bicyclic) bond motifs is 1. The fourth-order valence-corrected chi connectivity index (χ4v) is 5.13. The number of anilines is 1. The van der Waals surface area contributed by atoms with Gasteiger partial charge in [0.2, 0.25) is 5.91 Å². The van der Waals surface area contributed by atoms with Crippen molar-refractivity contribution in [2.75, 3.05) is 11.9 Å². The Morgan fingerprint density at radius 1 is 1.17 bits per heavy atom. The van der Waals surface area contributed by atoms with Gasteiger partial charge in [-0.25, -0.2) is 4.79 Å². The fraction of sp³-hybridized carbons (Fsp3) is 0.609. The minimum Gasteiger partial charge on any atom is -0.325 e. The molecule has 0 bridgehead atoms. The van der Waals surface area contributed by atoms with Gasteiger partial charge in [0.15, 0.2) is 0 Å². The largest absolute Gasteiger partial charge is 0.325 e. The summed E-state index contributed by atoms with van der Waals surface area (Å²) in [6.07, 6.45) is 6.36. The van der Waals surface area contributed by atoms with Gasteiger partial charge >= 0.3 is 6.03 Å². The third-order valence-corrected chi connectivity index (χ3v) is 6.99. The quantitative estimate of drug-likeness (QED) is 0.765. The molecule has 2 fully saturated rings. The van der Waals surface area contributed by atoms with E-state index in [0.29, 0.717) is 18.8 Å². The standard InChI is InChI=1S/C23H31N3O3/c1-22(2,3)17-9-11-23(12-10-17)20(28)26(21(29)25-23)14-19(27)24-18-8-7-15-5-4-6-16(15)13-18/h7-8,13,17H,4-6,9-12,14H2,1-3H3,(H,24,27)(H,25,29). The number of nitrogens with one attached hydrogen (secondary N) is 2. The molecule has 0 radical (unpaired) electrons. The summed E-state index contributed by atoms with van der Waals surface area (Å²) in [6.45, 7) is 6.42. The van der Waals surface area contributed by atoms with Crippen molar-refractivity contribution in [3.05, 3.63) is 29.3 Å². The Balaban J connectivity index is 1.39. The third-order valence-electron chi connectivity index (χ3n) is 6.99. The van der Waals surface area contributed by atoms with Crippen LogP contribution in [0.3, 0.4) is 0 Å². The second kappa shape index (κ2) is 7.15. The van der Waals surface area contributed by atoms with E-state index in [9.17, 15) is 14.4 Å². The van der Waals surface area contributed by atoms with Gasteiger partial charge in [0.25, 0.3) is 5.91 Å². The van der Waals surface area contributed by atoms with Crippen LogP contribution in [-0.2, 0) is 22.4 Å². The van der Waals surface area contributed by atoms with E-state index >= 15 is 0 Å². The van der Waals surface area contributed by atoms with Crippen molar-refractivity contribution in [2.45, 2.75) is 71.3 Å². The molecular weight excluding hydrogens is 366 g/mol. The average molecular weight is 398 g/mol. The molecular formula is C23H31N3O3. The highest BCUT2D eigenvalue weighted by Gasteiger charge is 2.53. The van der Waals surface area contributed by atoms with E-state index in [4.69, 9.17) is 0 Å². The summed E-state index contributed by atoms with van der Waals surface area (Å²) in [6, 6.07) is 5.49. The number of nitrogens with zero attached hydrogens (tertiary/aromatic N) is 1. The molecule has 1 aromatic rings. The van der Waals surface area contributed by atoms with Gasteiger partial charge in [-0.2, -0.15) is 0 Å². The number of carbonyl (C=O) groups is 3. The summed E-state index contributed by atoms with van der Waals surface area (Å²) < 4.78 is 0. The molecule has 4 rings (SSSR count). The minimum atomic E-state index is -0.827. The van der Waals surface area contributed by atoms with Crippen LogP contribution >= 0.6 is 0 Å². The molecule has 1 aliphatic heterocycles.